The lowest BCUT2D eigenvalue weighted by molar-refractivity contribution is 0.184. The standard InChI is InChI=1S/C17H20BrNO2/c1-20-13-15-5-3-2-4-14(15)12-19-10-11-21-17-8-6-16(18)7-9-17/h2-9,19H,10-13H2,1H3. The third-order valence-corrected chi connectivity index (χ3v) is 3.62. The Labute approximate surface area is 134 Å². The van der Waals surface area contributed by atoms with Gasteiger partial charge in [-0.15, -0.1) is 0 Å². The van der Waals surface area contributed by atoms with Gasteiger partial charge in [0, 0.05) is 24.7 Å². The van der Waals surface area contributed by atoms with Gasteiger partial charge in [0.15, 0.2) is 0 Å². The molecule has 0 saturated carbocycles. The summed E-state index contributed by atoms with van der Waals surface area (Å²) in [6, 6.07) is 16.2. The summed E-state index contributed by atoms with van der Waals surface area (Å²) in [7, 11) is 1.72. The third kappa shape index (κ3) is 5.50. The average Bonchev–Trinajstić information content (AvgIpc) is 2.51. The third-order valence-electron chi connectivity index (χ3n) is 3.09. The first-order chi connectivity index (χ1) is 10.3. The van der Waals surface area contributed by atoms with E-state index in [4.69, 9.17) is 9.47 Å². The molecule has 2 aromatic rings. The molecule has 2 rings (SSSR count). The lowest BCUT2D eigenvalue weighted by Gasteiger charge is -2.11. The molecule has 1 N–H and O–H groups in total. The molecule has 21 heavy (non-hydrogen) atoms. The Bertz CT molecular complexity index is 543. The largest absolute Gasteiger partial charge is 0.492 e. The van der Waals surface area contributed by atoms with Gasteiger partial charge >= 0.3 is 0 Å². The Hall–Kier alpha value is -1.36. The zero-order valence-corrected chi connectivity index (χ0v) is 13.7. The highest BCUT2D eigenvalue weighted by Gasteiger charge is 2.00. The van der Waals surface area contributed by atoms with Crippen LogP contribution in [-0.4, -0.2) is 20.3 Å². The Balaban J connectivity index is 1.71. The van der Waals surface area contributed by atoms with E-state index in [9.17, 15) is 0 Å². The fourth-order valence-corrected chi connectivity index (χ4v) is 2.29. The van der Waals surface area contributed by atoms with Crippen molar-refractivity contribution in [3.05, 3.63) is 64.1 Å². The summed E-state index contributed by atoms with van der Waals surface area (Å²) in [5.41, 5.74) is 2.49. The maximum atomic E-state index is 5.67. The van der Waals surface area contributed by atoms with Gasteiger partial charge < -0.3 is 14.8 Å². The van der Waals surface area contributed by atoms with Crippen molar-refractivity contribution >= 4 is 15.9 Å². The van der Waals surface area contributed by atoms with Crippen molar-refractivity contribution in [2.75, 3.05) is 20.3 Å². The Kier molecular flexibility index (Phi) is 6.73. The first-order valence-corrected chi connectivity index (χ1v) is 7.73. The van der Waals surface area contributed by atoms with Crippen LogP contribution < -0.4 is 10.1 Å². The van der Waals surface area contributed by atoms with Crippen LogP contribution in [0.25, 0.3) is 0 Å². The highest BCUT2D eigenvalue weighted by Crippen LogP contribution is 2.15. The first-order valence-electron chi connectivity index (χ1n) is 6.94. The van der Waals surface area contributed by atoms with Crippen LogP contribution in [0.2, 0.25) is 0 Å². The number of benzene rings is 2. The van der Waals surface area contributed by atoms with Gasteiger partial charge in [0.1, 0.15) is 12.4 Å². The molecule has 0 aliphatic heterocycles. The highest BCUT2D eigenvalue weighted by atomic mass is 79.9. The van der Waals surface area contributed by atoms with E-state index >= 15 is 0 Å². The Morgan fingerprint density at radius 3 is 2.43 bits per heavy atom. The summed E-state index contributed by atoms with van der Waals surface area (Å²) < 4.78 is 11.9. The smallest absolute Gasteiger partial charge is 0.119 e. The second-order valence-corrected chi connectivity index (χ2v) is 5.60. The number of rotatable bonds is 8. The zero-order chi connectivity index (χ0) is 14.9. The maximum Gasteiger partial charge on any atom is 0.119 e. The number of halogens is 1. The van der Waals surface area contributed by atoms with E-state index in [2.05, 4.69) is 39.4 Å². The normalized spacial score (nSPS) is 10.6. The Morgan fingerprint density at radius 2 is 1.71 bits per heavy atom. The number of hydrogen-bond acceptors (Lipinski definition) is 3. The van der Waals surface area contributed by atoms with Crippen molar-refractivity contribution in [2.45, 2.75) is 13.2 Å². The second kappa shape index (κ2) is 8.82. The van der Waals surface area contributed by atoms with Crippen LogP contribution >= 0.6 is 15.9 Å². The van der Waals surface area contributed by atoms with Gasteiger partial charge in [0.2, 0.25) is 0 Å². The predicted octanol–water partition coefficient (Wildman–Crippen LogP) is 3.76. The number of ether oxygens (including phenoxy) is 2. The molecular weight excluding hydrogens is 330 g/mol. The molecule has 0 saturated heterocycles. The van der Waals surface area contributed by atoms with Crippen molar-refractivity contribution in [3.8, 4) is 5.75 Å². The highest BCUT2D eigenvalue weighted by molar-refractivity contribution is 9.10. The minimum absolute atomic E-state index is 0.646. The van der Waals surface area contributed by atoms with Crippen molar-refractivity contribution in [2.24, 2.45) is 0 Å². The fourth-order valence-electron chi connectivity index (χ4n) is 2.02. The van der Waals surface area contributed by atoms with Crippen LogP contribution in [0.5, 0.6) is 5.75 Å². The van der Waals surface area contributed by atoms with Gasteiger partial charge in [-0.05, 0) is 35.4 Å². The van der Waals surface area contributed by atoms with Crippen LogP contribution in [0.4, 0.5) is 0 Å². The number of nitrogens with one attached hydrogen (secondary N) is 1. The summed E-state index contributed by atoms with van der Waals surface area (Å²) in [4.78, 5) is 0. The summed E-state index contributed by atoms with van der Waals surface area (Å²) in [6.45, 7) is 2.92. The van der Waals surface area contributed by atoms with E-state index < -0.39 is 0 Å². The summed E-state index contributed by atoms with van der Waals surface area (Å²) in [6.07, 6.45) is 0. The van der Waals surface area contributed by atoms with Crippen molar-refractivity contribution in [1.82, 2.24) is 5.32 Å². The summed E-state index contributed by atoms with van der Waals surface area (Å²) >= 11 is 3.41. The van der Waals surface area contributed by atoms with E-state index in [0.717, 1.165) is 23.3 Å². The zero-order valence-electron chi connectivity index (χ0n) is 12.1. The van der Waals surface area contributed by atoms with Crippen LogP contribution in [0.3, 0.4) is 0 Å². The molecule has 0 fully saturated rings. The molecule has 0 spiro atoms. The van der Waals surface area contributed by atoms with Crippen LogP contribution in [0.1, 0.15) is 11.1 Å². The van der Waals surface area contributed by atoms with E-state index in [1.807, 2.05) is 30.3 Å². The van der Waals surface area contributed by atoms with E-state index in [1.54, 1.807) is 7.11 Å². The topological polar surface area (TPSA) is 30.5 Å². The Morgan fingerprint density at radius 1 is 1.00 bits per heavy atom. The van der Waals surface area contributed by atoms with Gasteiger partial charge in [-0.25, -0.2) is 0 Å². The number of hydrogen-bond donors (Lipinski definition) is 1. The average molecular weight is 350 g/mol. The molecular formula is C17H20BrNO2. The van der Waals surface area contributed by atoms with Gasteiger partial charge in [0.05, 0.1) is 6.61 Å². The van der Waals surface area contributed by atoms with Gasteiger partial charge in [-0.1, -0.05) is 40.2 Å². The van der Waals surface area contributed by atoms with Crippen LogP contribution in [0.15, 0.2) is 53.0 Å². The maximum absolute atomic E-state index is 5.67. The molecule has 0 unspecified atom stereocenters. The van der Waals surface area contributed by atoms with Crippen molar-refractivity contribution in [3.63, 3.8) is 0 Å². The molecule has 0 amide bonds. The van der Waals surface area contributed by atoms with E-state index in [1.165, 1.54) is 11.1 Å². The molecule has 0 atom stereocenters. The molecule has 0 heterocycles. The molecule has 0 aromatic heterocycles. The molecule has 0 radical (unpaired) electrons. The molecule has 0 aliphatic rings. The molecule has 4 heteroatoms. The van der Waals surface area contributed by atoms with E-state index in [0.29, 0.717) is 13.2 Å². The monoisotopic (exact) mass is 349 g/mol. The van der Waals surface area contributed by atoms with Crippen molar-refractivity contribution in [1.29, 1.82) is 0 Å². The van der Waals surface area contributed by atoms with Crippen molar-refractivity contribution < 1.29 is 9.47 Å². The lowest BCUT2D eigenvalue weighted by Crippen LogP contribution is -2.21. The van der Waals surface area contributed by atoms with Crippen LogP contribution in [-0.2, 0) is 17.9 Å². The van der Waals surface area contributed by atoms with E-state index in [-0.39, 0.29) is 0 Å². The quantitative estimate of drug-likeness (QED) is 0.736. The first kappa shape index (κ1) is 16.0. The molecule has 0 bridgehead atoms. The molecule has 0 aliphatic carbocycles. The number of methoxy groups -OCH3 is 1. The molecule has 2 aromatic carbocycles. The summed E-state index contributed by atoms with van der Waals surface area (Å²) in [5.74, 6) is 0.889. The fraction of sp³-hybridized carbons (Fsp3) is 0.294. The minimum Gasteiger partial charge on any atom is -0.492 e. The van der Waals surface area contributed by atoms with Gasteiger partial charge in [0.25, 0.3) is 0 Å². The predicted molar refractivity (Wildman–Crippen MR) is 88.5 cm³/mol. The van der Waals surface area contributed by atoms with Gasteiger partial charge in [-0.2, -0.15) is 0 Å². The summed E-state index contributed by atoms with van der Waals surface area (Å²) in [5, 5.41) is 3.39. The molecule has 3 nitrogen and oxygen atoms in total. The van der Waals surface area contributed by atoms with Gasteiger partial charge in [-0.3, -0.25) is 0 Å². The second-order valence-electron chi connectivity index (χ2n) is 4.68. The minimum atomic E-state index is 0.646. The SMILES string of the molecule is COCc1ccccc1CNCCOc1ccc(Br)cc1. The molecule has 112 valence electrons. The van der Waals surface area contributed by atoms with Crippen LogP contribution in [0, 0.1) is 0 Å². The lowest BCUT2D eigenvalue weighted by atomic mass is 10.1.